The van der Waals surface area contributed by atoms with E-state index in [-0.39, 0.29) is 10.6 Å². The number of benzene rings is 1. The Bertz CT molecular complexity index is 314. The predicted molar refractivity (Wildman–Crippen MR) is 46.6 cm³/mol. The molecular formula is C7H6BClF3O-. The first-order valence-electron chi connectivity index (χ1n) is 3.51. The average molecular weight is 209 g/mol. The van der Waals surface area contributed by atoms with E-state index in [9.17, 15) is 12.9 Å². The first-order valence-corrected chi connectivity index (χ1v) is 3.89. The zero-order valence-corrected chi connectivity index (χ0v) is 7.45. The SMILES string of the molecule is Cc1cc(Cl)cc(O)c1[B-](F)(F)F. The number of phenolic OH excluding ortho intramolecular Hbond substituents is 1. The highest BCUT2D eigenvalue weighted by Gasteiger charge is 2.30. The molecule has 1 rings (SSSR count). The van der Waals surface area contributed by atoms with Crippen LogP contribution in [-0.4, -0.2) is 12.1 Å². The van der Waals surface area contributed by atoms with Crippen molar-refractivity contribution in [3.8, 4) is 5.75 Å². The van der Waals surface area contributed by atoms with Gasteiger partial charge in [0, 0.05) is 5.02 Å². The summed E-state index contributed by atoms with van der Waals surface area (Å²) in [5, 5.41) is 9.12. The summed E-state index contributed by atoms with van der Waals surface area (Å²) in [6.45, 7) is -3.92. The fourth-order valence-corrected chi connectivity index (χ4v) is 1.43. The Kier molecular flexibility index (Phi) is 2.48. The van der Waals surface area contributed by atoms with Crippen molar-refractivity contribution in [2.75, 3.05) is 0 Å². The van der Waals surface area contributed by atoms with Crippen LogP contribution in [0.5, 0.6) is 5.75 Å². The van der Waals surface area contributed by atoms with E-state index in [1.165, 1.54) is 13.0 Å². The molecule has 0 unspecified atom stereocenters. The van der Waals surface area contributed by atoms with Gasteiger partial charge in [0.1, 0.15) is 0 Å². The number of hydrogen-bond donors (Lipinski definition) is 1. The van der Waals surface area contributed by atoms with Crippen LogP contribution in [0.3, 0.4) is 0 Å². The maximum Gasteiger partial charge on any atom is 0.513 e. The standard InChI is InChI=1S/C7H6BClF3O/c1-4-2-5(9)3-6(13)7(4)8(10,11)12/h2-3,13H,1H3/q-1. The summed E-state index contributed by atoms with van der Waals surface area (Å²) in [6.07, 6.45) is 0. The van der Waals surface area contributed by atoms with Crippen LogP contribution in [0.2, 0.25) is 5.02 Å². The van der Waals surface area contributed by atoms with E-state index >= 15 is 0 Å². The summed E-state index contributed by atoms with van der Waals surface area (Å²) in [7, 11) is 0. The Morgan fingerprint density at radius 3 is 2.23 bits per heavy atom. The number of halogens is 4. The average Bonchev–Trinajstić information content (AvgIpc) is 1.78. The normalized spacial score (nSPS) is 11.8. The molecule has 0 heterocycles. The van der Waals surface area contributed by atoms with Gasteiger partial charge in [0.25, 0.3) is 0 Å². The van der Waals surface area contributed by atoms with Crippen LogP contribution in [0.15, 0.2) is 12.1 Å². The van der Waals surface area contributed by atoms with Crippen molar-refractivity contribution < 1.29 is 18.1 Å². The molecule has 0 bridgehead atoms. The zero-order chi connectivity index (χ0) is 10.2. The van der Waals surface area contributed by atoms with Gasteiger partial charge in [-0.05, 0) is 19.1 Å². The van der Waals surface area contributed by atoms with Crippen LogP contribution in [0, 0.1) is 6.92 Å². The summed E-state index contributed by atoms with van der Waals surface area (Å²) in [6, 6.07) is 2.06. The van der Waals surface area contributed by atoms with Gasteiger partial charge in [0.2, 0.25) is 0 Å². The minimum atomic E-state index is -5.18. The summed E-state index contributed by atoms with van der Waals surface area (Å²) < 4.78 is 36.9. The van der Waals surface area contributed by atoms with Crippen molar-refractivity contribution in [1.82, 2.24) is 0 Å². The number of phenols is 1. The molecule has 13 heavy (non-hydrogen) atoms. The maximum absolute atomic E-state index is 12.3. The van der Waals surface area contributed by atoms with Gasteiger partial charge in [-0.25, -0.2) is 0 Å². The van der Waals surface area contributed by atoms with Gasteiger partial charge in [-0.3, -0.25) is 0 Å². The van der Waals surface area contributed by atoms with Gasteiger partial charge in [-0.15, -0.1) is 0 Å². The third kappa shape index (κ3) is 2.09. The monoisotopic (exact) mass is 209 g/mol. The molecule has 1 nitrogen and oxygen atoms in total. The van der Waals surface area contributed by atoms with E-state index in [1.54, 1.807) is 0 Å². The van der Waals surface area contributed by atoms with E-state index in [2.05, 4.69) is 0 Å². The van der Waals surface area contributed by atoms with Crippen molar-refractivity contribution in [1.29, 1.82) is 0 Å². The number of hydrogen-bond acceptors (Lipinski definition) is 1. The Morgan fingerprint density at radius 2 is 1.85 bits per heavy atom. The second-order valence-corrected chi connectivity index (χ2v) is 3.17. The van der Waals surface area contributed by atoms with Gasteiger partial charge < -0.3 is 18.1 Å². The fourth-order valence-electron chi connectivity index (χ4n) is 1.16. The van der Waals surface area contributed by atoms with Gasteiger partial charge in [-0.1, -0.05) is 22.6 Å². The second-order valence-electron chi connectivity index (χ2n) is 2.73. The van der Waals surface area contributed by atoms with E-state index in [0.717, 1.165) is 6.07 Å². The van der Waals surface area contributed by atoms with Crippen LogP contribution in [0.1, 0.15) is 5.56 Å². The molecule has 0 aromatic heterocycles. The quantitative estimate of drug-likeness (QED) is 0.704. The highest BCUT2D eigenvalue weighted by molar-refractivity contribution is 6.74. The van der Waals surface area contributed by atoms with Crippen LogP contribution < -0.4 is 5.46 Å². The lowest BCUT2D eigenvalue weighted by atomic mass is 9.76. The molecule has 0 spiro atoms. The van der Waals surface area contributed by atoms with Gasteiger partial charge in [0.05, 0.1) is 5.75 Å². The molecule has 1 aromatic rings. The van der Waals surface area contributed by atoms with E-state index in [4.69, 9.17) is 16.7 Å². The third-order valence-corrected chi connectivity index (χ3v) is 1.88. The lowest BCUT2D eigenvalue weighted by Gasteiger charge is -2.19. The van der Waals surface area contributed by atoms with Gasteiger partial charge in [-0.2, -0.15) is 0 Å². The molecular weight excluding hydrogens is 203 g/mol. The maximum atomic E-state index is 12.3. The van der Waals surface area contributed by atoms with Crippen LogP contribution in [-0.2, 0) is 0 Å². The molecule has 0 amide bonds. The van der Waals surface area contributed by atoms with Crippen LogP contribution in [0.25, 0.3) is 0 Å². The molecule has 72 valence electrons. The van der Waals surface area contributed by atoms with Crippen molar-refractivity contribution in [2.24, 2.45) is 0 Å². The fraction of sp³-hybridized carbons (Fsp3) is 0.143. The topological polar surface area (TPSA) is 20.2 Å². The number of aromatic hydroxyl groups is 1. The summed E-state index contributed by atoms with van der Waals surface area (Å²) >= 11 is 5.45. The molecule has 0 saturated carbocycles. The molecule has 0 fully saturated rings. The van der Waals surface area contributed by atoms with Gasteiger partial charge >= 0.3 is 6.98 Å². The molecule has 0 saturated heterocycles. The number of rotatable bonds is 1. The summed E-state index contributed by atoms with van der Waals surface area (Å²) in [4.78, 5) is 0. The van der Waals surface area contributed by atoms with E-state index in [1.807, 2.05) is 0 Å². The summed E-state index contributed by atoms with van der Waals surface area (Å²) in [5.41, 5.74) is -1.03. The van der Waals surface area contributed by atoms with E-state index in [0.29, 0.717) is 0 Å². The molecule has 0 aliphatic carbocycles. The smallest absolute Gasteiger partial charge is 0.511 e. The number of aryl methyl sites for hydroxylation is 1. The van der Waals surface area contributed by atoms with E-state index < -0.39 is 18.2 Å². The predicted octanol–water partition coefficient (Wildman–Crippen LogP) is 2.41. The molecule has 0 radical (unpaired) electrons. The molecule has 0 aliphatic heterocycles. The Hall–Kier alpha value is -0.835. The minimum absolute atomic E-state index is 0.0579. The largest absolute Gasteiger partial charge is 0.513 e. The third-order valence-electron chi connectivity index (χ3n) is 1.66. The first kappa shape index (κ1) is 10.2. The minimum Gasteiger partial charge on any atom is -0.511 e. The van der Waals surface area contributed by atoms with Crippen LogP contribution >= 0.6 is 11.6 Å². The van der Waals surface area contributed by atoms with Crippen molar-refractivity contribution in [3.63, 3.8) is 0 Å². The molecule has 0 aliphatic rings. The lowest BCUT2D eigenvalue weighted by molar-refractivity contribution is 0.463. The summed E-state index contributed by atoms with van der Waals surface area (Å²) in [5.74, 6) is -0.808. The zero-order valence-electron chi connectivity index (χ0n) is 6.69. The molecule has 6 heteroatoms. The lowest BCUT2D eigenvalue weighted by Crippen LogP contribution is -2.36. The second kappa shape index (κ2) is 3.14. The van der Waals surface area contributed by atoms with Crippen molar-refractivity contribution in [3.05, 3.63) is 22.7 Å². The Balaban J connectivity index is 3.38. The Morgan fingerprint density at radius 1 is 1.31 bits per heavy atom. The first-order chi connectivity index (χ1) is 5.82. The molecule has 1 aromatic carbocycles. The van der Waals surface area contributed by atoms with Crippen molar-refractivity contribution >= 4 is 24.0 Å². The van der Waals surface area contributed by atoms with Crippen LogP contribution in [0.4, 0.5) is 12.9 Å². The highest BCUT2D eigenvalue weighted by atomic mass is 35.5. The highest BCUT2D eigenvalue weighted by Crippen LogP contribution is 2.23. The van der Waals surface area contributed by atoms with Crippen molar-refractivity contribution in [2.45, 2.75) is 6.92 Å². The Labute approximate surface area is 78.2 Å². The molecule has 0 atom stereocenters. The molecule has 1 N–H and O–H groups in total. The van der Waals surface area contributed by atoms with Gasteiger partial charge in [0.15, 0.2) is 0 Å².